The number of rotatable bonds is 8. The van der Waals surface area contributed by atoms with Crippen LogP contribution in [0.4, 0.5) is 0 Å². The van der Waals surface area contributed by atoms with Crippen molar-refractivity contribution >= 4 is 52.4 Å². The highest BCUT2D eigenvalue weighted by atomic mass is 35.5. The van der Waals surface area contributed by atoms with Crippen molar-refractivity contribution in [2.45, 2.75) is 25.7 Å². The van der Waals surface area contributed by atoms with Crippen molar-refractivity contribution in [3.05, 3.63) is 50.4 Å². The molecule has 25 heavy (non-hydrogen) atoms. The van der Waals surface area contributed by atoms with E-state index in [1.165, 1.54) is 0 Å². The average molecular weight is 422 g/mol. The van der Waals surface area contributed by atoms with E-state index in [9.17, 15) is 4.79 Å². The Balaban J connectivity index is 1.99. The normalized spacial score (nSPS) is 10.7. The highest BCUT2D eigenvalue weighted by Gasteiger charge is 2.11. The fourth-order valence-electron chi connectivity index (χ4n) is 2.27. The van der Waals surface area contributed by atoms with Crippen LogP contribution < -0.4 is 4.74 Å². The molecular formula is C18H16Cl4O3. The van der Waals surface area contributed by atoms with Gasteiger partial charge in [0.15, 0.2) is 0 Å². The zero-order valence-electron chi connectivity index (χ0n) is 13.2. The van der Waals surface area contributed by atoms with Crippen LogP contribution in [0, 0.1) is 0 Å². The molecule has 0 saturated heterocycles. The average Bonchev–Trinajstić information content (AvgIpc) is 2.55. The van der Waals surface area contributed by atoms with Crippen LogP contribution in [0.25, 0.3) is 11.1 Å². The van der Waals surface area contributed by atoms with E-state index < -0.39 is 5.97 Å². The van der Waals surface area contributed by atoms with Crippen molar-refractivity contribution in [2.75, 3.05) is 6.61 Å². The first-order valence-electron chi connectivity index (χ1n) is 7.67. The molecule has 0 radical (unpaired) electrons. The molecule has 0 bridgehead atoms. The largest absolute Gasteiger partial charge is 0.492 e. The first-order chi connectivity index (χ1) is 11.9. The van der Waals surface area contributed by atoms with Crippen LogP contribution >= 0.6 is 46.4 Å². The molecule has 0 unspecified atom stereocenters. The molecule has 0 atom stereocenters. The van der Waals surface area contributed by atoms with Gasteiger partial charge in [0, 0.05) is 17.0 Å². The van der Waals surface area contributed by atoms with Crippen LogP contribution in [-0.2, 0) is 4.79 Å². The number of hydrogen-bond acceptors (Lipinski definition) is 2. The summed E-state index contributed by atoms with van der Waals surface area (Å²) >= 11 is 24.5. The van der Waals surface area contributed by atoms with E-state index >= 15 is 0 Å². The van der Waals surface area contributed by atoms with Gasteiger partial charge in [-0.3, -0.25) is 4.79 Å². The molecule has 7 heteroatoms. The molecule has 2 rings (SSSR count). The molecule has 0 fully saturated rings. The topological polar surface area (TPSA) is 46.5 Å². The molecule has 2 aromatic carbocycles. The molecule has 1 N–H and O–H groups in total. The number of ether oxygens (including phenoxy) is 1. The van der Waals surface area contributed by atoms with Gasteiger partial charge in [0.1, 0.15) is 5.75 Å². The maximum atomic E-state index is 10.4. The van der Waals surface area contributed by atoms with Gasteiger partial charge in [-0.1, -0.05) is 52.5 Å². The van der Waals surface area contributed by atoms with E-state index in [2.05, 4.69) is 0 Å². The number of carbonyl (C=O) groups is 1. The second-order valence-corrected chi connectivity index (χ2v) is 7.07. The SMILES string of the molecule is O=C(O)CCCCCOc1ccc(-c2cc(Cl)c(Cl)cc2Cl)cc1Cl. The maximum Gasteiger partial charge on any atom is 0.303 e. The number of unbranched alkanes of at least 4 members (excludes halogenated alkanes) is 2. The monoisotopic (exact) mass is 420 g/mol. The predicted molar refractivity (Wildman–Crippen MR) is 104 cm³/mol. The summed E-state index contributed by atoms with van der Waals surface area (Å²) in [5.74, 6) is -0.208. The summed E-state index contributed by atoms with van der Waals surface area (Å²) in [5.41, 5.74) is 1.54. The van der Waals surface area contributed by atoms with Gasteiger partial charge in [-0.2, -0.15) is 0 Å². The lowest BCUT2D eigenvalue weighted by Crippen LogP contribution is -1.99. The first-order valence-corrected chi connectivity index (χ1v) is 9.18. The van der Waals surface area contributed by atoms with Crippen LogP contribution in [0.2, 0.25) is 20.1 Å². The van der Waals surface area contributed by atoms with Crippen LogP contribution in [0.1, 0.15) is 25.7 Å². The molecule has 0 saturated carbocycles. The van der Waals surface area contributed by atoms with Crippen LogP contribution in [0.3, 0.4) is 0 Å². The molecule has 0 spiro atoms. The molecule has 2 aromatic rings. The highest BCUT2D eigenvalue weighted by molar-refractivity contribution is 6.44. The zero-order chi connectivity index (χ0) is 18.4. The Hall–Kier alpha value is -1.13. The third-order valence-electron chi connectivity index (χ3n) is 3.55. The molecule has 0 aliphatic heterocycles. The number of benzene rings is 2. The minimum atomic E-state index is -0.777. The Morgan fingerprint density at radius 3 is 2.28 bits per heavy atom. The summed E-state index contributed by atoms with van der Waals surface area (Å²) in [5, 5.41) is 10.3. The van der Waals surface area contributed by atoms with Gasteiger partial charge in [-0.05, 0) is 49.1 Å². The molecule has 0 heterocycles. The second-order valence-electron chi connectivity index (χ2n) is 5.44. The van der Waals surface area contributed by atoms with E-state index in [1.807, 2.05) is 6.07 Å². The second kappa shape index (κ2) is 9.54. The molecule has 0 amide bonds. The molecule has 3 nitrogen and oxygen atoms in total. The lowest BCUT2D eigenvalue weighted by molar-refractivity contribution is -0.137. The van der Waals surface area contributed by atoms with Crippen molar-refractivity contribution in [1.29, 1.82) is 0 Å². The van der Waals surface area contributed by atoms with Crippen molar-refractivity contribution in [2.24, 2.45) is 0 Å². The zero-order valence-corrected chi connectivity index (χ0v) is 16.2. The van der Waals surface area contributed by atoms with Gasteiger partial charge in [0.05, 0.1) is 21.7 Å². The molecule has 0 aromatic heterocycles. The fourth-order valence-corrected chi connectivity index (χ4v) is 3.16. The standard InChI is InChI=1S/C18H16Cl4O3/c19-13-10-15(21)14(20)9-12(13)11-5-6-17(16(22)8-11)25-7-3-1-2-4-18(23)24/h5-6,8-10H,1-4,7H2,(H,23,24). The van der Waals surface area contributed by atoms with Crippen LogP contribution in [0.5, 0.6) is 5.75 Å². The van der Waals surface area contributed by atoms with Gasteiger partial charge in [0.2, 0.25) is 0 Å². The Morgan fingerprint density at radius 1 is 0.880 bits per heavy atom. The summed E-state index contributed by atoms with van der Waals surface area (Å²) < 4.78 is 5.65. The van der Waals surface area contributed by atoms with E-state index in [0.29, 0.717) is 38.9 Å². The summed E-state index contributed by atoms with van der Waals surface area (Å²) in [6.45, 7) is 0.478. The van der Waals surface area contributed by atoms with Crippen molar-refractivity contribution in [3.63, 3.8) is 0 Å². The minimum absolute atomic E-state index is 0.180. The number of carboxylic acids is 1. The summed E-state index contributed by atoms with van der Waals surface area (Å²) in [4.78, 5) is 10.4. The highest BCUT2D eigenvalue weighted by Crippen LogP contribution is 2.37. The van der Waals surface area contributed by atoms with Gasteiger partial charge >= 0.3 is 5.97 Å². The van der Waals surface area contributed by atoms with Gasteiger partial charge in [-0.25, -0.2) is 0 Å². The summed E-state index contributed by atoms with van der Waals surface area (Å²) in [6, 6.07) is 8.66. The first kappa shape index (κ1) is 20.2. The van der Waals surface area contributed by atoms with Gasteiger partial charge in [0.25, 0.3) is 0 Å². The lowest BCUT2D eigenvalue weighted by Gasteiger charge is -2.11. The summed E-state index contributed by atoms with van der Waals surface area (Å²) in [7, 11) is 0. The Labute approximate surface area is 166 Å². The Morgan fingerprint density at radius 2 is 1.60 bits per heavy atom. The van der Waals surface area contributed by atoms with Crippen LogP contribution in [0.15, 0.2) is 30.3 Å². The number of aliphatic carboxylic acids is 1. The predicted octanol–water partition coefficient (Wildman–Crippen LogP) is 6.99. The maximum absolute atomic E-state index is 10.4. The number of carboxylic acid groups (broad SMARTS) is 1. The quantitative estimate of drug-likeness (QED) is 0.369. The van der Waals surface area contributed by atoms with Crippen LogP contribution in [-0.4, -0.2) is 17.7 Å². The summed E-state index contributed by atoms with van der Waals surface area (Å²) in [6.07, 6.45) is 2.38. The smallest absolute Gasteiger partial charge is 0.303 e. The molecule has 134 valence electrons. The Kier molecular flexibility index (Phi) is 7.70. The minimum Gasteiger partial charge on any atom is -0.492 e. The van der Waals surface area contributed by atoms with Crippen molar-refractivity contribution < 1.29 is 14.6 Å². The molecular weight excluding hydrogens is 406 g/mol. The van der Waals surface area contributed by atoms with Crippen molar-refractivity contribution in [1.82, 2.24) is 0 Å². The van der Waals surface area contributed by atoms with E-state index in [-0.39, 0.29) is 6.42 Å². The van der Waals surface area contributed by atoms with Crippen molar-refractivity contribution in [3.8, 4) is 16.9 Å². The lowest BCUT2D eigenvalue weighted by atomic mass is 10.1. The third-order valence-corrected chi connectivity index (χ3v) is 4.88. The number of hydrogen-bond donors (Lipinski definition) is 1. The van der Waals surface area contributed by atoms with E-state index in [1.54, 1.807) is 24.3 Å². The van der Waals surface area contributed by atoms with E-state index in [4.69, 9.17) is 56.2 Å². The fraction of sp³-hybridized carbons (Fsp3) is 0.278. The third kappa shape index (κ3) is 5.96. The van der Waals surface area contributed by atoms with E-state index in [0.717, 1.165) is 24.0 Å². The number of halogens is 4. The molecule has 0 aliphatic rings. The van der Waals surface area contributed by atoms with Gasteiger partial charge in [-0.15, -0.1) is 0 Å². The van der Waals surface area contributed by atoms with Gasteiger partial charge < -0.3 is 9.84 Å². The molecule has 0 aliphatic carbocycles. The Bertz CT molecular complexity index is 762.